The first-order valence-corrected chi connectivity index (χ1v) is 8.26. The molecule has 0 bridgehead atoms. The number of halogens is 1. The van der Waals surface area contributed by atoms with E-state index in [0.717, 1.165) is 47.8 Å². The molecule has 4 nitrogen and oxygen atoms in total. The molecule has 1 fully saturated rings. The highest BCUT2D eigenvalue weighted by Gasteiger charge is 2.35. The van der Waals surface area contributed by atoms with E-state index in [-0.39, 0.29) is 18.3 Å². The summed E-state index contributed by atoms with van der Waals surface area (Å²) in [7, 11) is 1.65. The number of amides is 1. The van der Waals surface area contributed by atoms with E-state index in [0.29, 0.717) is 6.54 Å². The Morgan fingerprint density at radius 2 is 1.88 bits per heavy atom. The van der Waals surface area contributed by atoms with Gasteiger partial charge < -0.3 is 15.8 Å². The summed E-state index contributed by atoms with van der Waals surface area (Å²) in [5.41, 5.74) is 6.59. The van der Waals surface area contributed by atoms with E-state index in [1.807, 2.05) is 24.3 Å². The first kappa shape index (κ1) is 18.6. The molecular formula is C19H25ClN2O2. The van der Waals surface area contributed by atoms with Crippen LogP contribution < -0.4 is 15.8 Å². The molecule has 24 heavy (non-hydrogen) atoms. The van der Waals surface area contributed by atoms with Gasteiger partial charge in [0.1, 0.15) is 5.75 Å². The molecule has 0 aliphatic heterocycles. The summed E-state index contributed by atoms with van der Waals surface area (Å²) in [6.45, 7) is 0.433. The molecule has 1 aliphatic carbocycles. The summed E-state index contributed by atoms with van der Waals surface area (Å²) < 4.78 is 5.47. The standard InChI is InChI=1S/C19H24N2O2.ClH/c1-23-17-10-9-14-7-3-4-8-15(14)16(17)13-21-18(22)19(20)11-5-2-6-12-19;/h3-4,7-10H,2,5-6,11-13,20H2,1H3,(H,21,22);1H. The average molecular weight is 349 g/mol. The van der Waals surface area contributed by atoms with E-state index < -0.39 is 5.54 Å². The molecule has 1 aliphatic rings. The number of carbonyl (C=O) groups excluding carboxylic acids is 1. The van der Waals surface area contributed by atoms with Crippen molar-refractivity contribution >= 4 is 29.1 Å². The van der Waals surface area contributed by atoms with Crippen molar-refractivity contribution in [2.45, 2.75) is 44.2 Å². The van der Waals surface area contributed by atoms with Gasteiger partial charge in [-0.05, 0) is 29.7 Å². The van der Waals surface area contributed by atoms with Crippen molar-refractivity contribution in [2.75, 3.05) is 7.11 Å². The molecule has 0 spiro atoms. The molecule has 2 aromatic rings. The molecule has 0 radical (unpaired) electrons. The summed E-state index contributed by atoms with van der Waals surface area (Å²) in [5.74, 6) is 0.742. The lowest BCUT2D eigenvalue weighted by Crippen LogP contribution is -2.54. The SMILES string of the molecule is COc1ccc2ccccc2c1CNC(=O)C1(N)CCCCC1.Cl. The van der Waals surface area contributed by atoms with E-state index in [1.54, 1.807) is 7.11 Å². The van der Waals surface area contributed by atoms with Gasteiger partial charge in [-0.3, -0.25) is 4.79 Å². The molecule has 1 saturated carbocycles. The molecule has 0 atom stereocenters. The van der Waals surface area contributed by atoms with Gasteiger partial charge in [0, 0.05) is 12.1 Å². The Balaban J connectivity index is 0.00000208. The molecule has 3 N–H and O–H groups in total. The number of methoxy groups -OCH3 is 1. The quantitative estimate of drug-likeness (QED) is 0.888. The Kier molecular flexibility index (Phi) is 6.08. The third kappa shape index (κ3) is 3.65. The predicted octanol–water partition coefficient (Wildman–Crippen LogP) is 3.55. The summed E-state index contributed by atoms with van der Waals surface area (Å²) in [4.78, 5) is 12.6. The third-order valence-electron chi connectivity index (χ3n) is 4.84. The van der Waals surface area contributed by atoms with Gasteiger partial charge in [-0.1, -0.05) is 49.6 Å². The van der Waals surface area contributed by atoms with Crippen molar-refractivity contribution < 1.29 is 9.53 Å². The molecule has 0 aromatic heterocycles. The molecule has 0 heterocycles. The van der Waals surface area contributed by atoms with Crippen LogP contribution in [-0.2, 0) is 11.3 Å². The minimum Gasteiger partial charge on any atom is -0.496 e. The summed E-state index contributed by atoms with van der Waals surface area (Å²) >= 11 is 0. The average Bonchev–Trinajstić information content (AvgIpc) is 2.59. The van der Waals surface area contributed by atoms with Crippen LogP contribution in [0.4, 0.5) is 0 Å². The van der Waals surface area contributed by atoms with Crippen LogP contribution in [0.1, 0.15) is 37.7 Å². The number of fused-ring (bicyclic) bond motifs is 1. The zero-order chi connectivity index (χ0) is 16.3. The van der Waals surface area contributed by atoms with Crippen molar-refractivity contribution in [3.05, 3.63) is 42.0 Å². The van der Waals surface area contributed by atoms with Crippen LogP contribution in [0.2, 0.25) is 0 Å². The fourth-order valence-electron chi connectivity index (χ4n) is 3.44. The Labute approximate surface area is 149 Å². The highest BCUT2D eigenvalue weighted by atomic mass is 35.5. The Hall–Kier alpha value is -1.78. The first-order valence-electron chi connectivity index (χ1n) is 8.26. The lowest BCUT2D eigenvalue weighted by molar-refractivity contribution is -0.127. The molecule has 5 heteroatoms. The third-order valence-corrected chi connectivity index (χ3v) is 4.84. The van der Waals surface area contributed by atoms with Crippen LogP contribution in [0.25, 0.3) is 10.8 Å². The first-order chi connectivity index (χ1) is 11.1. The van der Waals surface area contributed by atoms with E-state index >= 15 is 0 Å². The molecule has 1 amide bonds. The molecule has 2 aromatic carbocycles. The van der Waals surface area contributed by atoms with Crippen molar-refractivity contribution in [3.63, 3.8) is 0 Å². The minimum absolute atomic E-state index is 0. The van der Waals surface area contributed by atoms with E-state index in [2.05, 4.69) is 17.4 Å². The van der Waals surface area contributed by atoms with E-state index in [4.69, 9.17) is 10.5 Å². The summed E-state index contributed by atoms with van der Waals surface area (Å²) in [6, 6.07) is 12.1. The van der Waals surface area contributed by atoms with Gasteiger partial charge in [0.25, 0.3) is 0 Å². The fraction of sp³-hybridized carbons (Fsp3) is 0.421. The fourth-order valence-corrected chi connectivity index (χ4v) is 3.44. The molecule has 0 unspecified atom stereocenters. The number of carbonyl (C=O) groups is 1. The Morgan fingerprint density at radius 3 is 2.58 bits per heavy atom. The summed E-state index contributed by atoms with van der Waals surface area (Å²) in [6.07, 6.45) is 4.77. The number of hydrogen-bond donors (Lipinski definition) is 2. The highest BCUT2D eigenvalue weighted by Crippen LogP contribution is 2.29. The van der Waals surface area contributed by atoms with Crippen molar-refractivity contribution in [1.29, 1.82) is 0 Å². The maximum atomic E-state index is 12.6. The summed E-state index contributed by atoms with van der Waals surface area (Å²) in [5, 5.41) is 5.27. The Morgan fingerprint density at radius 1 is 1.17 bits per heavy atom. The molecule has 3 rings (SSSR count). The van der Waals surface area contributed by atoms with Crippen LogP contribution in [0.5, 0.6) is 5.75 Å². The Bertz CT molecular complexity index is 712. The van der Waals surface area contributed by atoms with Crippen LogP contribution >= 0.6 is 12.4 Å². The van der Waals surface area contributed by atoms with Crippen molar-refractivity contribution in [3.8, 4) is 5.75 Å². The smallest absolute Gasteiger partial charge is 0.240 e. The normalized spacial score (nSPS) is 16.2. The van der Waals surface area contributed by atoms with Gasteiger partial charge in [-0.25, -0.2) is 0 Å². The maximum Gasteiger partial charge on any atom is 0.240 e. The second-order valence-corrected chi connectivity index (χ2v) is 6.37. The lowest BCUT2D eigenvalue weighted by atomic mass is 9.82. The number of nitrogens with two attached hydrogens (primary N) is 1. The topological polar surface area (TPSA) is 64.3 Å². The van der Waals surface area contributed by atoms with Crippen molar-refractivity contribution in [2.24, 2.45) is 5.73 Å². The predicted molar refractivity (Wildman–Crippen MR) is 99.6 cm³/mol. The van der Waals surface area contributed by atoms with Crippen LogP contribution in [0, 0.1) is 0 Å². The number of rotatable bonds is 4. The minimum atomic E-state index is -0.712. The second-order valence-electron chi connectivity index (χ2n) is 6.37. The van der Waals surface area contributed by atoms with Gasteiger partial charge in [0.2, 0.25) is 5.91 Å². The highest BCUT2D eigenvalue weighted by molar-refractivity contribution is 5.89. The zero-order valence-corrected chi connectivity index (χ0v) is 14.8. The van der Waals surface area contributed by atoms with Gasteiger partial charge in [-0.15, -0.1) is 12.4 Å². The molecule has 130 valence electrons. The number of benzene rings is 2. The number of hydrogen-bond acceptors (Lipinski definition) is 3. The van der Waals surface area contributed by atoms with Crippen molar-refractivity contribution in [1.82, 2.24) is 5.32 Å². The number of nitrogens with one attached hydrogen (secondary N) is 1. The maximum absolute atomic E-state index is 12.6. The van der Waals surface area contributed by atoms with Crippen LogP contribution in [0.3, 0.4) is 0 Å². The van der Waals surface area contributed by atoms with Crippen LogP contribution in [-0.4, -0.2) is 18.6 Å². The second kappa shape index (κ2) is 7.86. The van der Waals surface area contributed by atoms with Gasteiger partial charge >= 0.3 is 0 Å². The van der Waals surface area contributed by atoms with E-state index in [9.17, 15) is 4.79 Å². The molecule has 0 saturated heterocycles. The zero-order valence-electron chi connectivity index (χ0n) is 14.0. The van der Waals surface area contributed by atoms with Gasteiger partial charge in [0.15, 0.2) is 0 Å². The monoisotopic (exact) mass is 348 g/mol. The van der Waals surface area contributed by atoms with Gasteiger partial charge in [-0.2, -0.15) is 0 Å². The van der Waals surface area contributed by atoms with Crippen LogP contribution in [0.15, 0.2) is 36.4 Å². The van der Waals surface area contributed by atoms with E-state index in [1.165, 1.54) is 6.42 Å². The lowest BCUT2D eigenvalue weighted by Gasteiger charge is -2.32. The molecular weight excluding hydrogens is 324 g/mol. The van der Waals surface area contributed by atoms with Gasteiger partial charge in [0.05, 0.1) is 12.6 Å². The largest absolute Gasteiger partial charge is 0.496 e. The number of ether oxygens (including phenoxy) is 1.